The summed E-state index contributed by atoms with van der Waals surface area (Å²) in [6.45, 7) is 7.24. The molecule has 33 heavy (non-hydrogen) atoms. The smallest absolute Gasteiger partial charge is 0.366 e. The van der Waals surface area contributed by atoms with Gasteiger partial charge in [0, 0.05) is 36.6 Å². The van der Waals surface area contributed by atoms with Crippen LogP contribution in [0, 0.1) is 19.8 Å². The quantitative estimate of drug-likeness (QED) is 0.509. The Kier molecular flexibility index (Phi) is 6.42. The number of nitrogens with zero attached hydrogens (tertiary/aromatic N) is 5. The van der Waals surface area contributed by atoms with Crippen LogP contribution in [0.25, 0.3) is 5.69 Å². The Morgan fingerprint density at radius 2 is 2.03 bits per heavy atom. The summed E-state index contributed by atoms with van der Waals surface area (Å²) in [6, 6.07) is 5.65. The van der Waals surface area contributed by atoms with Gasteiger partial charge in [-0.25, -0.2) is 4.68 Å². The van der Waals surface area contributed by atoms with Gasteiger partial charge in [0.25, 0.3) is 0 Å². The zero-order valence-electron chi connectivity index (χ0n) is 18.6. The van der Waals surface area contributed by atoms with Crippen molar-refractivity contribution in [2.75, 3.05) is 23.3 Å². The zero-order valence-corrected chi connectivity index (χ0v) is 19.4. The van der Waals surface area contributed by atoms with Crippen molar-refractivity contribution >= 4 is 28.4 Å². The van der Waals surface area contributed by atoms with E-state index in [0.717, 1.165) is 48.3 Å². The van der Waals surface area contributed by atoms with E-state index < -0.39 is 11.2 Å². The number of anilines is 2. The third-order valence-electron chi connectivity index (χ3n) is 6.07. The lowest BCUT2D eigenvalue weighted by molar-refractivity contribution is -0.138. The number of carbonyl (C=O) groups excluding carboxylic acids is 1. The molecule has 0 radical (unpaired) electrons. The number of aldehydes is 1. The molecule has 4 rings (SSSR count). The molecular formula is C22H25F3N6OS. The number of hydrogen-bond donors (Lipinski definition) is 1. The van der Waals surface area contributed by atoms with Gasteiger partial charge in [-0.05, 0) is 56.4 Å². The van der Waals surface area contributed by atoms with E-state index in [2.05, 4.69) is 32.4 Å². The van der Waals surface area contributed by atoms with Crippen molar-refractivity contribution < 1.29 is 18.0 Å². The molecule has 3 aromatic rings. The summed E-state index contributed by atoms with van der Waals surface area (Å²) in [7, 11) is 0. The maximum absolute atomic E-state index is 12.9. The topological polar surface area (TPSA) is 75.9 Å². The van der Waals surface area contributed by atoms with Crippen LogP contribution in [0.1, 0.15) is 46.4 Å². The number of nitrogens with one attached hydrogen (secondary N) is 1. The highest BCUT2D eigenvalue weighted by atomic mass is 32.1. The van der Waals surface area contributed by atoms with Crippen LogP contribution < -0.4 is 10.2 Å². The first kappa shape index (κ1) is 23.2. The van der Waals surface area contributed by atoms with E-state index in [4.69, 9.17) is 0 Å². The monoisotopic (exact) mass is 478 g/mol. The van der Waals surface area contributed by atoms with Gasteiger partial charge in [-0.1, -0.05) is 18.3 Å². The lowest BCUT2D eigenvalue weighted by Gasteiger charge is -2.42. The third-order valence-corrected chi connectivity index (χ3v) is 6.99. The van der Waals surface area contributed by atoms with Crippen LogP contribution in [0.5, 0.6) is 0 Å². The summed E-state index contributed by atoms with van der Waals surface area (Å²) in [6.07, 6.45) is 0.179. The molecule has 0 amide bonds. The first-order valence-electron chi connectivity index (χ1n) is 10.7. The summed E-state index contributed by atoms with van der Waals surface area (Å²) in [5, 5.41) is 13.6. The van der Waals surface area contributed by atoms with Gasteiger partial charge in [0.15, 0.2) is 6.29 Å². The third kappa shape index (κ3) is 4.73. The van der Waals surface area contributed by atoms with E-state index in [1.54, 1.807) is 10.7 Å². The summed E-state index contributed by atoms with van der Waals surface area (Å²) < 4.78 is 40.3. The number of aromatic nitrogens is 4. The number of halogens is 3. The van der Waals surface area contributed by atoms with Crippen LogP contribution >= 0.6 is 11.3 Å². The summed E-state index contributed by atoms with van der Waals surface area (Å²) >= 11 is 0.509. The van der Waals surface area contributed by atoms with Crippen LogP contribution in [0.4, 0.5) is 24.0 Å². The molecule has 11 heteroatoms. The standard InChI is InChI=1S/C22H25F3N6OS/c1-13-5-4-9-30(18(13)11-26-21-28-27-20(33-21)22(23,24)25)17-7-6-16(12-32)19(15(17)3)31-10-8-14(2)29-31/h6-8,10,12-13,18H,4-5,9,11H2,1-3H3,(H,26,28)/t13-,18-/m1/s1. The van der Waals surface area contributed by atoms with E-state index in [9.17, 15) is 18.0 Å². The fraction of sp³-hybridized carbons (Fsp3) is 0.455. The number of rotatable bonds is 6. The van der Waals surface area contributed by atoms with Gasteiger partial charge < -0.3 is 10.2 Å². The van der Waals surface area contributed by atoms with Crippen molar-refractivity contribution in [2.24, 2.45) is 5.92 Å². The molecule has 0 bridgehead atoms. The molecule has 2 aromatic heterocycles. The van der Waals surface area contributed by atoms with Gasteiger partial charge >= 0.3 is 6.18 Å². The lowest BCUT2D eigenvalue weighted by atomic mass is 9.89. The van der Waals surface area contributed by atoms with E-state index in [-0.39, 0.29) is 11.2 Å². The Balaban J connectivity index is 1.63. The second-order valence-electron chi connectivity index (χ2n) is 8.34. The zero-order chi connectivity index (χ0) is 23.8. The van der Waals surface area contributed by atoms with Gasteiger partial charge in [-0.2, -0.15) is 18.3 Å². The number of aryl methyl sites for hydroxylation is 1. The van der Waals surface area contributed by atoms with Gasteiger partial charge in [0.2, 0.25) is 10.1 Å². The number of alkyl halides is 3. The van der Waals surface area contributed by atoms with Crippen molar-refractivity contribution in [1.82, 2.24) is 20.0 Å². The number of piperidine rings is 1. The Morgan fingerprint density at radius 1 is 1.24 bits per heavy atom. The Morgan fingerprint density at radius 3 is 2.67 bits per heavy atom. The van der Waals surface area contributed by atoms with E-state index >= 15 is 0 Å². The lowest BCUT2D eigenvalue weighted by Crippen LogP contribution is -2.48. The van der Waals surface area contributed by atoms with E-state index in [1.807, 2.05) is 32.2 Å². The number of hydrogen-bond acceptors (Lipinski definition) is 7. The molecule has 1 aromatic carbocycles. The number of benzene rings is 1. The average Bonchev–Trinajstić information content (AvgIpc) is 3.41. The van der Waals surface area contributed by atoms with Gasteiger partial charge in [0.1, 0.15) is 0 Å². The first-order chi connectivity index (χ1) is 15.7. The molecule has 0 saturated carbocycles. The van der Waals surface area contributed by atoms with Crippen LogP contribution in [-0.4, -0.2) is 45.4 Å². The van der Waals surface area contributed by atoms with Crippen LogP contribution in [0.3, 0.4) is 0 Å². The normalized spacial score (nSPS) is 19.0. The van der Waals surface area contributed by atoms with Crippen molar-refractivity contribution in [3.63, 3.8) is 0 Å². The van der Waals surface area contributed by atoms with Crippen LogP contribution in [0.15, 0.2) is 24.4 Å². The summed E-state index contributed by atoms with van der Waals surface area (Å²) in [5.74, 6) is 0.307. The SMILES string of the molecule is Cc1ccn(-c2c(C=O)ccc(N3CCC[C@@H](C)[C@H]3CNc3nnc(C(F)(F)F)s3)c2C)n1. The van der Waals surface area contributed by atoms with Crippen LogP contribution in [-0.2, 0) is 6.18 Å². The van der Waals surface area contributed by atoms with Gasteiger partial charge in [-0.3, -0.25) is 4.79 Å². The van der Waals surface area contributed by atoms with Crippen molar-refractivity contribution in [3.8, 4) is 5.69 Å². The molecule has 0 unspecified atom stereocenters. The maximum atomic E-state index is 12.9. The van der Waals surface area contributed by atoms with Gasteiger partial charge in [0.05, 0.1) is 11.4 Å². The molecular weight excluding hydrogens is 453 g/mol. The minimum absolute atomic E-state index is 0.0324. The first-order valence-corrected chi connectivity index (χ1v) is 11.5. The van der Waals surface area contributed by atoms with Crippen molar-refractivity contribution in [3.05, 3.63) is 46.2 Å². The largest absolute Gasteiger partial charge is 0.445 e. The molecule has 176 valence electrons. The van der Waals surface area contributed by atoms with E-state index in [0.29, 0.717) is 29.4 Å². The van der Waals surface area contributed by atoms with Crippen LogP contribution in [0.2, 0.25) is 0 Å². The molecule has 2 atom stereocenters. The van der Waals surface area contributed by atoms with Gasteiger partial charge in [-0.15, -0.1) is 10.2 Å². The number of carbonyl (C=O) groups is 1. The average molecular weight is 479 g/mol. The highest BCUT2D eigenvalue weighted by Gasteiger charge is 2.36. The minimum atomic E-state index is -4.50. The van der Waals surface area contributed by atoms with Crippen molar-refractivity contribution in [1.29, 1.82) is 0 Å². The fourth-order valence-electron chi connectivity index (χ4n) is 4.42. The second-order valence-corrected chi connectivity index (χ2v) is 9.32. The summed E-state index contributed by atoms with van der Waals surface area (Å²) in [4.78, 5) is 14.0. The predicted octanol–water partition coefficient (Wildman–Crippen LogP) is 4.89. The maximum Gasteiger partial charge on any atom is 0.445 e. The summed E-state index contributed by atoms with van der Waals surface area (Å²) in [5.41, 5.74) is 4.04. The fourth-order valence-corrected chi connectivity index (χ4v) is 5.04. The molecule has 1 aliphatic heterocycles. The molecule has 1 fully saturated rings. The minimum Gasteiger partial charge on any atom is -0.366 e. The molecule has 1 N–H and O–H groups in total. The second kappa shape index (κ2) is 9.12. The molecule has 3 heterocycles. The molecule has 7 nitrogen and oxygen atoms in total. The highest BCUT2D eigenvalue weighted by molar-refractivity contribution is 7.15. The molecule has 1 saturated heterocycles. The molecule has 0 aliphatic carbocycles. The Bertz CT molecular complexity index is 1140. The van der Waals surface area contributed by atoms with E-state index in [1.165, 1.54) is 0 Å². The molecule has 0 spiro atoms. The Hall–Kier alpha value is -2.95. The van der Waals surface area contributed by atoms with Crippen molar-refractivity contribution in [2.45, 2.75) is 45.8 Å². The predicted molar refractivity (Wildman–Crippen MR) is 121 cm³/mol. The highest BCUT2D eigenvalue weighted by Crippen LogP contribution is 2.36. The molecule has 1 aliphatic rings. The Labute approximate surface area is 193 Å².